The van der Waals surface area contributed by atoms with Gasteiger partial charge >= 0.3 is 0 Å². The maximum atomic E-state index is 14.2. The number of hydrogen-bond acceptors (Lipinski definition) is 6. The van der Waals surface area contributed by atoms with E-state index in [4.69, 9.17) is 9.47 Å². The monoisotopic (exact) mass is 358 g/mol. The highest BCUT2D eigenvalue weighted by Crippen LogP contribution is 2.17. The number of ether oxygens (including phenoxy) is 2. The third-order valence-electron chi connectivity index (χ3n) is 4.13. The zero-order valence-corrected chi connectivity index (χ0v) is 14.2. The molecule has 1 saturated heterocycles. The van der Waals surface area contributed by atoms with Crippen molar-refractivity contribution >= 4 is 0 Å². The second-order valence-electron chi connectivity index (χ2n) is 6.05. The fourth-order valence-electron chi connectivity index (χ4n) is 2.89. The Labute approximate surface area is 149 Å². The van der Waals surface area contributed by atoms with Gasteiger partial charge in [-0.25, -0.2) is 23.7 Å². The van der Waals surface area contributed by atoms with Gasteiger partial charge in [0.2, 0.25) is 0 Å². The Balaban J connectivity index is 1.55. The zero-order chi connectivity index (χ0) is 17.8. The van der Waals surface area contributed by atoms with Gasteiger partial charge in [0.15, 0.2) is 11.6 Å². The first-order valence-electron chi connectivity index (χ1n) is 8.51. The molecule has 136 valence electrons. The first kappa shape index (κ1) is 16.8. The van der Waals surface area contributed by atoms with Gasteiger partial charge in [-0.3, -0.25) is 0 Å². The Kier molecular flexibility index (Phi) is 4.98. The predicted octanol–water partition coefficient (Wildman–Crippen LogP) is 1.74. The average molecular weight is 358 g/mol. The van der Waals surface area contributed by atoms with E-state index < -0.39 is 0 Å². The first-order chi connectivity index (χ1) is 12.8. The Bertz CT molecular complexity index is 845. The lowest BCUT2D eigenvalue weighted by Crippen LogP contribution is -2.15. The third kappa shape index (κ3) is 3.78. The molecule has 0 radical (unpaired) electrons. The van der Waals surface area contributed by atoms with Gasteiger partial charge in [0.1, 0.15) is 37.3 Å². The predicted molar refractivity (Wildman–Crippen MR) is 89.1 cm³/mol. The normalized spacial score (nSPS) is 17.0. The molecular weight excluding hydrogens is 339 g/mol. The first-order valence-corrected chi connectivity index (χ1v) is 8.51. The molecule has 26 heavy (non-hydrogen) atoms. The number of rotatable bonds is 7. The van der Waals surface area contributed by atoms with Gasteiger partial charge < -0.3 is 9.47 Å². The summed E-state index contributed by atoms with van der Waals surface area (Å²) in [6.07, 6.45) is 5.20. The second-order valence-corrected chi connectivity index (χ2v) is 6.05. The van der Waals surface area contributed by atoms with E-state index >= 15 is 0 Å². The molecule has 0 N–H and O–H groups in total. The lowest BCUT2D eigenvalue weighted by Gasteiger charge is -2.10. The maximum absolute atomic E-state index is 14.2. The van der Waals surface area contributed by atoms with Crippen LogP contribution in [0.1, 0.15) is 24.5 Å². The van der Waals surface area contributed by atoms with Crippen LogP contribution in [0.4, 0.5) is 4.39 Å². The fraction of sp³-hybridized carbons (Fsp3) is 0.412. The van der Waals surface area contributed by atoms with Crippen LogP contribution in [0.25, 0.3) is 5.69 Å². The van der Waals surface area contributed by atoms with Crippen LogP contribution < -0.4 is 0 Å². The van der Waals surface area contributed by atoms with E-state index in [1.807, 2.05) is 0 Å². The van der Waals surface area contributed by atoms with Crippen LogP contribution in [0, 0.1) is 5.82 Å². The molecule has 8 nitrogen and oxygen atoms in total. The standard InChI is InChI=1S/C17H19FN6O2/c18-14-5-1-2-6-15(14)24-17(10-25-9-13-4-3-7-26-13)21-16(22-24)8-23-12-19-11-20-23/h1-2,5-6,11-13H,3-4,7-10H2/t13-/m1/s1. The largest absolute Gasteiger partial charge is 0.376 e. The summed E-state index contributed by atoms with van der Waals surface area (Å²) in [5.41, 5.74) is 0.334. The highest BCUT2D eigenvalue weighted by atomic mass is 19.1. The second kappa shape index (κ2) is 7.71. The molecule has 9 heteroatoms. The van der Waals surface area contributed by atoms with Crippen molar-refractivity contribution in [2.45, 2.75) is 32.1 Å². The number of benzene rings is 1. The van der Waals surface area contributed by atoms with Gasteiger partial charge in [-0.2, -0.15) is 5.10 Å². The number of para-hydroxylation sites is 1. The Morgan fingerprint density at radius 1 is 1.31 bits per heavy atom. The minimum atomic E-state index is -0.370. The Morgan fingerprint density at radius 2 is 2.23 bits per heavy atom. The molecule has 1 aliphatic rings. The van der Waals surface area contributed by atoms with E-state index in [1.54, 1.807) is 29.2 Å². The topological polar surface area (TPSA) is 79.9 Å². The highest BCUT2D eigenvalue weighted by Gasteiger charge is 2.18. The van der Waals surface area contributed by atoms with Crippen molar-refractivity contribution in [1.82, 2.24) is 29.5 Å². The summed E-state index contributed by atoms with van der Waals surface area (Å²) in [5.74, 6) is 0.669. The van der Waals surface area contributed by atoms with Crippen molar-refractivity contribution < 1.29 is 13.9 Å². The van der Waals surface area contributed by atoms with Crippen LogP contribution >= 0.6 is 0 Å². The molecule has 1 fully saturated rings. The molecule has 3 aromatic rings. The van der Waals surface area contributed by atoms with Crippen molar-refractivity contribution in [3.8, 4) is 5.69 Å². The van der Waals surface area contributed by atoms with Crippen molar-refractivity contribution in [3.63, 3.8) is 0 Å². The quantitative estimate of drug-likeness (QED) is 0.640. The van der Waals surface area contributed by atoms with Crippen LogP contribution in [0.5, 0.6) is 0 Å². The summed E-state index contributed by atoms with van der Waals surface area (Å²) in [5, 5.41) is 8.48. The molecule has 0 aliphatic carbocycles. The van der Waals surface area contributed by atoms with Crippen LogP contribution in [0.15, 0.2) is 36.9 Å². The van der Waals surface area contributed by atoms with Gasteiger partial charge in [-0.15, -0.1) is 5.10 Å². The molecule has 4 rings (SSSR count). The molecule has 1 aromatic carbocycles. The Morgan fingerprint density at radius 3 is 3.00 bits per heavy atom. The third-order valence-corrected chi connectivity index (χ3v) is 4.13. The van der Waals surface area contributed by atoms with Crippen LogP contribution in [0.3, 0.4) is 0 Å². The van der Waals surface area contributed by atoms with E-state index in [0.29, 0.717) is 30.5 Å². The van der Waals surface area contributed by atoms with E-state index in [1.165, 1.54) is 17.1 Å². The van der Waals surface area contributed by atoms with Gasteiger partial charge in [0, 0.05) is 6.61 Å². The lowest BCUT2D eigenvalue weighted by molar-refractivity contribution is 0.00814. The lowest BCUT2D eigenvalue weighted by atomic mass is 10.2. The zero-order valence-electron chi connectivity index (χ0n) is 14.2. The van der Waals surface area contributed by atoms with Crippen molar-refractivity contribution in [2.75, 3.05) is 13.2 Å². The molecule has 0 amide bonds. The number of halogens is 1. The molecule has 1 aliphatic heterocycles. The summed E-state index contributed by atoms with van der Waals surface area (Å²) in [6.45, 7) is 1.84. The molecule has 3 heterocycles. The number of hydrogen-bond donors (Lipinski definition) is 0. The summed E-state index contributed by atoms with van der Waals surface area (Å²) in [4.78, 5) is 8.40. The van der Waals surface area contributed by atoms with E-state index in [-0.39, 0.29) is 18.5 Å². The fourth-order valence-corrected chi connectivity index (χ4v) is 2.89. The van der Waals surface area contributed by atoms with E-state index in [9.17, 15) is 4.39 Å². The maximum Gasteiger partial charge on any atom is 0.172 e. The van der Waals surface area contributed by atoms with Crippen LogP contribution in [-0.4, -0.2) is 48.8 Å². The highest BCUT2D eigenvalue weighted by molar-refractivity contribution is 5.33. The summed E-state index contributed by atoms with van der Waals surface area (Å²) < 4.78 is 28.6. The van der Waals surface area contributed by atoms with Gasteiger partial charge in [-0.05, 0) is 25.0 Å². The molecule has 0 unspecified atom stereocenters. The molecule has 0 spiro atoms. The van der Waals surface area contributed by atoms with Crippen LogP contribution in [0.2, 0.25) is 0 Å². The van der Waals surface area contributed by atoms with Gasteiger partial charge in [-0.1, -0.05) is 12.1 Å². The van der Waals surface area contributed by atoms with Gasteiger partial charge in [0.05, 0.1) is 12.7 Å². The van der Waals surface area contributed by atoms with E-state index in [2.05, 4.69) is 20.2 Å². The van der Waals surface area contributed by atoms with Crippen molar-refractivity contribution in [3.05, 3.63) is 54.4 Å². The average Bonchev–Trinajstić information content (AvgIpc) is 3.39. The van der Waals surface area contributed by atoms with Crippen LogP contribution in [-0.2, 0) is 22.6 Å². The molecule has 0 saturated carbocycles. The minimum absolute atomic E-state index is 0.120. The molecule has 0 bridgehead atoms. The summed E-state index contributed by atoms with van der Waals surface area (Å²) >= 11 is 0. The smallest absolute Gasteiger partial charge is 0.172 e. The molecule has 1 atom stereocenters. The number of aromatic nitrogens is 6. The Hall–Kier alpha value is -2.65. The molecular formula is C17H19FN6O2. The minimum Gasteiger partial charge on any atom is -0.376 e. The molecule has 2 aromatic heterocycles. The van der Waals surface area contributed by atoms with E-state index in [0.717, 1.165) is 19.4 Å². The number of nitrogens with zero attached hydrogens (tertiary/aromatic N) is 6. The van der Waals surface area contributed by atoms with Gasteiger partial charge in [0.25, 0.3) is 0 Å². The summed E-state index contributed by atoms with van der Waals surface area (Å²) in [6, 6.07) is 6.45. The van der Waals surface area contributed by atoms with Crippen molar-refractivity contribution in [1.29, 1.82) is 0 Å². The van der Waals surface area contributed by atoms with Crippen molar-refractivity contribution in [2.24, 2.45) is 0 Å². The SMILES string of the molecule is Fc1ccccc1-n1nc(Cn2cncn2)nc1COC[C@H]1CCCO1. The summed E-state index contributed by atoms with van der Waals surface area (Å²) in [7, 11) is 0.